The van der Waals surface area contributed by atoms with E-state index in [0.717, 1.165) is 6.07 Å². The van der Waals surface area contributed by atoms with Gasteiger partial charge in [0.1, 0.15) is 6.42 Å². The molecule has 0 aromatic heterocycles. The number of nitro benzene ring substituents is 1. The Morgan fingerprint density at radius 3 is 2.71 bits per heavy atom. The maximum Gasteiger partial charge on any atom is 0.313 e. The second-order valence-electron chi connectivity index (χ2n) is 3.21. The van der Waals surface area contributed by atoms with Crippen molar-refractivity contribution < 1.29 is 19.2 Å². The van der Waals surface area contributed by atoms with Crippen molar-refractivity contribution in [3.63, 3.8) is 0 Å². The molecule has 0 bridgehead atoms. The van der Waals surface area contributed by atoms with Crippen molar-refractivity contribution in [2.24, 2.45) is 0 Å². The first kappa shape index (κ1) is 12.8. The highest BCUT2D eigenvalue weighted by Crippen LogP contribution is 2.14. The normalized spacial score (nSPS) is 9.71. The van der Waals surface area contributed by atoms with E-state index >= 15 is 0 Å². The molecule has 0 spiro atoms. The van der Waals surface area contributed by atoms with Gasteiger partial charge >= 0.3 is 5.97 Å². The van der Waals surface area contributed by atoms with Gasteiger partial charge in [0.25, 0.3) is 5.69 Å². The van der Waals surface area contributed by atoms with Crippen molar-refractivity contribution in [2.45, 2.75) is 13.3 Å². The Bertz CT molecular complexity index is 455. The Morgan fingerprint density at radius 1 is 1.41 bits per heavy atom. The fraction of sp³-hybridized carbons (Fsp3) is 0.273. The lowest BCUT2D eigenvalue weighted by Gasteiger charge is -2.01. The Morgan fingerprint density at radius 2 is 2.12 bits per heavy atom. The summed E-state index contributed by atoms with van der Waals surface area (Å²) in [6.45, 7) is 1.83. The van der Waals surface area contributed by atoms with E-state index in [1.807, 2.05) is 0 Å². The zero-order valence-electron chi connectivity index (χ0n) is 9.21. The summed E-state index contributed by atoms with van der Waals surface area (Å²) in [5, 5.41) is 10.5. The average molecular weight is 237 g/mol. The molecule has 0 aliphatic rings. The third-order valence-corrected chi connectivity index (χ3v) is 1.99. The predicted octanol–water partition coefficient (Wildman–Crippen LogP) is 1.73. The first-order valence-corrected chi connectivity index (χ1v) is 4.98. The number of ether oxygens (including phenoxy) is 1. The molecule has 0 unspecified atom stereocenters. The van der Waals surface area contributed by atoms with Crippen LogP contribution in [-0.4, -0.2) is 23.3 Å². The first-order chi connectivity index (χ1) is 8.04. The molecule has 17 heavy (non-hydrogen) atoms. The first-order valence-electron chi connectivity index (χ1n) is 4.98. The van der Waals surface area contributed by atoms with Crippen LogP contribution in [0, 0.1) is 10.1 Å². The summed E-state index contributed by atoms with van der Waals surface area (Å²) >= 11 is 0. The number of nitrogens with zero attached hydrogens (tertiary/aromatic N) is 1. The number of nitro groups is 1. The fourth-order valence-electron chi connectivity index (χ4n) is 1.24. The van der Waals surface area contributed by atoms with Crippen molar-refractivity contribution in [3.8, 4) is 0 Å². The molecule has 0 amide bonds. The van der Waals surface area contributed by atoms with Crippen LogP contribution < -0.4 is 0 Å². The summed E-state index contributed by atoms with van der Waals surface area (Å²) in [5.41, 5.74) is -0.0491. The molecule has 0 aliphatic carbocycles. The molecule has 1 rings (SSSR count). The van der Waals surface area contributed by atoms with Crippen molar-refractivity contribution in [1.82, 2.24) is 0 Å². The number of esters is 1. The maximum atomic E-state index is 11.6. The van der Waals surface area contributed by atoms with E-state index in [1.54, 1.807) is 6.92 Å². The van der Waals surface area contributed by atoms with Crippen LogP contribution in [0.3, 0.4) is 0 Å². The van der Waals surface area contributed by atoms with Crippen molar-refractivity contribution in [1.29, 1.82) is 0 Å². The Hall–Kier alpha value is -2.24. The van der Waals surface area contributed by atoms with Gasteiger partial charge in [-0.05, 0) is 6.92 Å². The molecule has 0 N–H and O–H groups in total. The van der Waals surface area contributed by atoms with Crippen molar-refractivity contribution in [2.75, 3.05) is 6.61 Å². The molecular formula is C11H11NO5. The smallest absolute Gasteiger partial charge is 0.313 e. The Labute approximate surface area is 97.3 Å². The van der Waals surface area contributed by atoms with Crippen LogP contribution >= 0.6 is 0 Å². The SMILES string of the molecule is CCOC(=O)CC(=O)c1cccc([N+](=O)[O-])c1. The van der Waals surface area contributed by atoms with Gasteiger partial charge in [-0.2, -0.15) is 0 Å². The minimum Gasteiger partial charge on any atom is -0.466 e. The van der Waals surface area contributed by atoms with Gasteiger partial charge in [-0.3, -0.25) is 19.7 Å². The lowest BCUT2D eigenvalue weighted by molar-refractivity contribution is -0.384. The van der Waals surface area contributed by atoms with E-state index in [-0.39, 0.29) is 17.9 Å². The highest BCUT2D eigenvalue weighted by molar-refractivity contribution is 6.06. The van der Waals surface area contributed by atoms with E-state index in [9.17, 15) is 19.7 Å². The van der Waals surface area contributed by atoms with Gasteiger partial charge in [0, 0.05) is 17.7 Å². The van der Waals surface area contributed by atoms with Crippen molar-refractivity contribution >= 4 is 17.4 Å². The summed E-state index contributed by atoms with van der Waals surface area (Å²) in [6, 6.07) is 5.24. The molecule has 0 heterocycles. The molecule has 0 fully saturated rings. The summed E-state index contributed by atoms with van der Waals surface area (Å²) in [7, 11) is 0. The number of carbonyl (C=O) groups is 2. The van der Waals surface area contributed by atoms with Gasteiger partial charge in [-0.1, -0.05) is 12.1 Å². The van der Waals surface area contributed by atoms with E-state index in [4.69, 9.17) is 0 Å². The quantitative estimate of drug-likeness (QED) is 0.256. The number of ketones is 1. The molecule has 1 aromatic rings. The number of Topliss-reactive ketones (excluding diaryl/α,β-unsaturated/α-hetero) is 1. The lowest BCUT2D eigenvalue weighted by atomic mass is 10.1. The zero-order chi connectivity index (χ0) is 12.8. The second-order valence-corrected chi connectivity index (χ2v) is 3.21. The van der Waals surface area contributed by atoms with E-state index < -0.39 is 23.1 Å². The summed E-state index contributed by atoms with van der Waals surface area (Å²) in [5.74, 6) is -1.13. The van der Waals surface area contributed by atoms with Crippen LogP contribution in [0.15, 0.2) is 24.3 Å². The highest BCUT2D eigenvalue weighted by Gasteiger charge is 2.15. The molecule has 6 heteroatoms. The summed E-state index contributed by atoms with van der Waals surface area (Å²) < 4.78 is 4.62. The van der Waals surface area contributed by atoms with Crippen LogP contribution in [-0.2, 0) is 9.53 Å². The van der Waals surface area contributed by atoms with E-state index in [2.05, 4.69) is 4.74 Å². The summed E-state index contributed by atoms with van der Waals surface area (Å²) in [6.07, 6.45) is -0.408. The monoisotopic (exact) mass is 237 g/mol. The molecule has 0 atom stereocenters. The number of rotatable bonds is 5. The number of carbonyl (C=O) groups excluding carboxylic acids is 2. The number of hydrogen-bond acceptors (Lipinski definition) is 5. The molecule has 0 saturated heterocycles. The van der Waals surface area contributed by atoms with Gasteiger partial charge in [0.2, 0.25) is 0 Å². The number of benzene rings is 1. The third-order valence-electron chi connectivity index (χ3n) is 1.99. The molecule has 0 aliphatic heterocycles. The van der Waals surface area contributed by atoms with Crippen LogP contribution in [0.4, 0.5) is 5.69 Å². The van der Waals surface area contributed by atoms with Crippen LogP contribution in [0.2, 0.25) is 0 Å². The standard InChI is InChI=1S/C11H11NO5/c1-2-17-11(14)7-10(13)8-4-3-5-9(6-8)12(15)16/h3-6H,2,7H2,1H3. The Kier molecular flexibility index (Phi) is 4.33. The molecule has 0 radical (unpaired) electrons. The van der Waals surface area contributed by atoms with Crippen LogP contribution in [0.25, 0.3) is 0 Å². The van der Waals surface area contributed by atoms with Crippen LogP contribution in [0.5, 0.6) is 0 Å². The minimum absolute atomic E-state index is 0.132. The van der Waals surface area contributed by atoms with Crippen LogP contribution in [0.1, 0.15) is 23.7 Å². The third kappa shape index (κ3) is 3.67. The van der Waals surface area contributed by atoms with Gasteiger partial charge in [-0.15, -0.1) is 0 Å². The largest absolute Gasteiger partial charge is 0.466 e. The average Bonchev–Trinajstić information content (AvgIpc) is 2.29. The Balaban J connectivity index is 2.79. The van der Waals surface area contributed by atoms with E-state index in [0.29, 0.717) is 0 Å². The van der Waals surface area contributed by atoms with E-state index in [1.165, 1.54) is 18.2 Å². The molecule has 0 saturated carbocycles. The fourth-order valence-corrected chi connectivity index (χ4v) is 1.24. The summed E-state index contributed by atoms with van der Waals surface area (Å²) in [4.78, 5) is 32.6. The second kappa shape index (κ2) is 5.74. The van der Waals surface area contributed by atoms with Gasteiger partial charge in [0.15, 0.2) is 5.78 Å². The minimum atomic E-state index is -0.635. The zero-order valence-corrected chi connectivity index (χ0v) is 9.21. The van der Waals surface area contributed by atoms with Crippen molar-refractivity contribution in [3.05, 3.63) is 39.9 Å². The topological polar surface area (TPSA) is 86.5 Å². The van der Waals surface area contributed by atoms with Gasteiger partial charge in [0.05, 0.1) is 11.5 Å². The lowest BCUT2D eigenvalue weighted by Crippen LogP contribution is -2.11. The molecule has 1 aromatic carbocycles. The molecule has 90 valence electrons. The number of non-ortho nitro benzene ring substituents is 1. The molecule has 6 nitrogen and oxygen atoms in total. The maximum absolute atomic E-state index is 11.6. The number of hydrogen-bond donors (Lipinski definition) is 0. The highest BCUT2D eigenvalue weighted by atomic mass is 16.6. The predicted molar refractivity (Wildman–Crippen MR) is 58.7 cm³/mol. The van der Waals surface area contributed by atoms with Gasteiger partial charge in [-0.25, -0.2) is 0 Å². The molecular weight excluding hydrogens is 226 g/mol. The van der Waals surface area contributed by atoms with Gasteiger partial charge < -0.3 is 4.74 Å².